The third kappa shape index (κ3) is 3.70. The molecule has 3 nitrogen and oxygen atoms in total. The number of rotatable bonds is 4. The van der Waals surface area contributed by atoms with Gasteiger partial charge in [-0.05, 0) is 12.3 Å². The van der Waals surface area contributed by atoms with Crippen molar-refractivity contribution in [1.82, 2.24) is 4.90 Å². The van der Waals surface area contributed by atoms with Gasteiger partial charge in [0.25, 0.3) is 0 Å². The molecule has 1 aliphatic rings. The molecule has 0 aromatic carbocycles. The summed E-state index contributed by atoms with van der Waals surface area (Å²) >= 11 is 0. The molecular weight excluding hydrogens is 209 g/mol. The van der Waals surface area contributed by atoms with Crippen LogP contribution in [0.2, 0.25) is 0 Å². The zero-order valence-corrected chi connectivity index (χ0v) is 8.55. The molecule has 0 bridgehead atoms. The first-order valence-electron chi connectivity index (χ1n) is 4.90. The van der Waals surface area contributed by atoms with Crippen LogP contribution in [0.4, 0.5) is 13.2 Å². The third-order valence-electron chi connectivity index (χ3n) is 2.51. The zero-order valence-electron chi connectivity index (χ0n) is 8.55. The van der Waals surface area contributed by atoms with Gasteiger partial charge in [-0.3, -0.25) is 4.79 Å². The number of halogens is 3. The number of amides is 1. The fourth-order valence-corrected chi connectivity index (χ4v) is 1.54. The van der Waals surface area contributed by atoms with Gasteiger partial charge in [-0.25, -0.2) is 0 Å². The maximum absolute atomic E-state index is 12.1. The smallest absolute Gasteiger partial charge is 0.332 e. The molecule has 0 radical (unpaired) electrons. The molecule has 0 spiro atoms. The molecule has 6 heteroatoms. The summed E-state index contributed by atoms with van der Waals surface area (Å²) in [4.78, 5) is 12.4. The van der Waals surface area contributed by atoms with Crippen molar-refractivity contribution in [2.75, 3.05) is 19.6 Å². The highest BCUT2D eigenvalue weighted by molar-refractivity contribution is 5.81. The molecule has 1 saturated carbocycles. The van der Waals surface area contributed by atoms with E-state index in [1.807, 2.05) is 6.92 Å². The van der Waals surface area contributed by atoms with E-state index < -0.39 is 18.6 Å². The summed E-state index contributed by atoms with van der Waals surface area (Å²) in [6, 6.07) is 0. The van der Waals surface area contributed by atoms with E-state index >= 15 is 0 Å². The maximum Gasteiger partial charge on any atom is 0.406 e. The lowest BCUT2D eigenvalue weighted by Crippen LogP contribution is -2.42. The lowest BCUT2D eigenvalue weighted by Gasteiger charge is -2.23. The number of nitrogens with zero attached hydrogens (tertiary/aromatic N) is 1. The van der Waals surface area contributed by atoms with Gasteiger partial charge in [0, 0.05) is 19.0 Å². The maximum atomic E-state index is 12.1. The minimum Gasteiger partial charge on any atom is -0.332 e. The molecular formula is C9H15F3N2O. The second kappa shape index (κ2) is 4.38. The average molecular weight is 224 g/mol. The van der Waals surface area contributed by atoms with Crippen molar-refractivity contribution in [3.05, 3.63) is 0 Å². The predicted molar refractivity (Wildman–Crippen MR) is 49.0 cm³/mol. The highest BCUT2D eigenvalue weighted by Gasteiger charge is 2.43. The van der Waals surface area contributed by atoms with Gasteiger partial charge in [-0.2, -0.15) is 13.2 Å². The molecule has 0 aromatic heterocycles. The summed E-state index contributed by atoms with van der Waals surface area (Å²) in [6.07, 6.45) is -3.65. The fraction of sp³-hybridized carbons (Fsp3) is 0.889. The van der Waals surface area contributed by atoms with Crippen LogP contribution in [0.3, 0.4) is 0 Å². The van der Waals surface area contributed by atoms with E-state index in [1.165, 1.54) is 0 Å². The third-order valence-corrected chi connectivity index (χ3v) is 2.51. The number of carbonyl (C=O) groups is 1. The Hall–Kier alpha value is -0.780. The monoisotopic (exact) mass is 224 g/mol. The second-order valence-electron chi connectivity index (χ2n) is 3.98. The lowest BCUT2D eigenvalue weighted by atomic mass is 10.3. The highest BCUT2D eigenvalue weighted by Crippen LogP contribution is 2.39. The van der Waals surface area contributed by atoms with Gasteiger partial charge >= 0.3 is 6.18 Å². The van der Waals surface area contributed by atoms with Crippen molar-refractivity contribution in [3.63, 3.8) is 0 Å². The molecule has 2 N–H and O–H groups in total. The van der Waals surface area contributed by atoms with E-state index in [-0.39, 0.29) is 24.9 Å². The lowest BCUT2D eigenvalue weighted by molar-refractivity contribution is -0.161. The molecule has 0 aliphatic heterocycles. The van der Waals surface area contributed by atoms with E-state index in [1.54, 1.807) is 0 Å². The summed E-state index contributed by atoms with van der Waals surface area (Å²) in [7, 11) is 0. The Balaban J connectivity index is 2.53. The Morgan fingerprint density at radius 3 is 2.40 bits per heavy atom. The summed E-state index contributed by atoms with van der Waals surface area (Å²) in [5.41, 5.74) is 5.18. The van der Waals surface area contributed by atoms with E-state index in [9.17, 15) is 18.0 Å². The minimum atomic E-state index is -4.34. The second-order valence-corrected chi connectivity index (χ2v) is 3.98. The Morgan fingerprint density at radius 1 is 1.53 bits per heavy atom. The van der Waals surface area contributed by atoms with Crippen molar-refractivity contribution in [3.8, 4) is 0 Å². The molecule has 0 heterocycles. The van der Waals surface area contributed by atoms with E-state index in [4.69, 9.17) is 5.73 Å². The SMILES string of the molecule is CC1CC1C(=O)N(CCN)CC(F)(F)F. The van der Waals surface area contributed by atoms with Crippen LogP contribution in [0.1, 0.15) is 13.3 Å². The summed E-state index contributed by atoms with van der Waals surface area (Å²) in [6.45, 7) is 0.702. The van der Waals surface area contributed by atoms with Gasteiger partial charge in [-0.1, -0.05) is 6.92 Å². The number of carbonyl (C=O) groups excluding carboxylic acids is 1. The molecule has 2 unspecified atom stereocenters. The van der Waals surface area contributed by atoms with Crippen molar-refractivity contribution >= 4 is 5.91 Å². The zero-order chi connectivity index (χ0) is 11.6. The van der Waals surface area contributed by atoms with Crippen LogP contribution in [-0.4, -0.2) is 36.6 Å². The molecule has 88 valence electrons. The first-order valence-corrected chi connectivity index (χ1v) is 4.90. The molecule has 15 heavy (non-hydrogen) atoms. The number of hydrogen-bond acceptors (Lipinski definition) is 2. The Bertz CT molecular complexity index is 242. The van der Waals surface area contributed by atoms with Gasteiger partial charge in [0.2, 0.25) is 5.91 Å². The highest BCUT2D eigenvalue weighted by atomic mass is 19.4. The Morgan fingerprint density at radius 2 is 2.07 bits per heavy atom. The largest absolute Gasteiger partial charge is 0.406 e. The average Bonchev–Trinajstić information content (AvgIpc) is 2.78. The predicted octanol–water partition coefficient (Wildman–Crippen LogP) is 0.992. The molecule has 1 rings (SSSR count). The molecule has 2 atom stereocenters. The minimum absolute atomic E-state index is 0.0262. The first kappa shape index (κ1) is 12.3. The van der Waals surface area contributed by atoms with E-state index in [0.717, 1.165) is 4.90 Å². The molecule has 1 fully saturated rings. The topological polar surface area (TPSA) is 46.3 Å². The summed E-state index contributed by atoms with van der Waals surface area (Å²) < 4.78 is 36.4. The van der Waals surface area contributed by atoms with E-state index in [2.05, 4.69) is 0 Å². The van der Waals surface area contributed by atoms with Crippen LogP contribution in [0.25, 0.3) is 0 Å². The summed E-state index contributed by atoms with van der Waals surface area (Å²) in [5.74, 6) is -0.421. The van der Waals surface area contributed by atoms with Crippen molar-refractivity contribution in [2.45, 2.75) is 19.5 Å². The first-order chi connectivity index (χ1) is 6.85. The summed E-state index contributed by atoms with van der Waals surface area (Å²) in [5, 5.41) is 0. The van der Waals surface area contributed by atoms with Gasteiger partial charge in [0.05, 0.1) is 0 Å². The van der Waals surface area contributed by atoms with Crippen LogP contribution in [0, 0.1) is 11.8 Å². The molecule has 0 saturated heterocycles. The number of hydrogen-bond donors (Lipinski definition) is 1. The van der Waals surface area contributed by atoms with E-state index in [0.29, 0.717) is 6.42 Å². The number of alkyl halides is 3. The molecule has 1 amide bonds. The Labute approximate surface area is 86.4 Å². The standard InChI is InChI=1S/C9H15F3N2O/c1-6-4-7(6)8(15)14(3-2-13)5-9(10,11)12/h6-7H,2-5,13H2,1H3. The Kier molecular flexibility index (Phi) is 3.59. The van der Waals surface area contributed by atoms with Crippen molar-refractivity contribution in [2.24, 2.45) is 17.6 Å². The van der Waals surface area contributed by atoms with Crippen LogP contribution < -0.4 is 5.73 Å². The van der Waals surface area contributed by atoms with Gasteiger partial charge < -0.3 is 10.6 Å². The van der Waals surface area contributed by atoms with Crippen LogP contribution in [0.15, 0.2) is 0 Å². The molecule has 0 aromatic rings. The van der Waals surface area contributed by atoms with Gasteiger partial charge in [0.15, 0.2) is 0 Å². The fourth-order valence-electron chi connectivity index (χ4n) is 1.54. The van der Waals surface area contributed by atoms with Crippen LogP contribution in [0.5, 0.6) is 0 Å². The van der Waals surface area contributed by atoms with Crippen molar-refractivity contribution < 1.29 is 18.0 Å². The quantitative estimate of drug-likeness (QED) is 0.774. The molecule has 1 aliphatic carbocycles. The van der Waals surface area contributed by atoms with Gasteiger partial charge in [0.1, 0.15) is 6.54 Å². The van der Waals surface area contributed by atoms with Gasteiger partial charge in [-0.15, -0.1) is 0 Å². The van der Waals surface area contributed by atoms with Crippen LogP contribution >= 0.6 is 0 Å². The number of nitrogens with two attached hydrogens (primary N) is 1. The van der Waals surface area contributed by atoms with Crippen LogP contribution in [-0.2, 0) is 4.79 Å². The van der Waals surface area contributed by atoms with Crippen molar-refractivity contribution in [1.29, 1.82) is 0 Å². The normalized spacial score (nSPS) is 25.1.